The smallest absolute Gasteiger partial charge is 0.00389 e. The molecule has 1 heteroatoms. The molecule has 0 aromatic rings. The first-order valence-corrected chi connectivity index (χ1v) is 6.58. The highest BCUT2D eigenvalue weighted by Gasteiger charge is 2.14. The van der Waals surface area contributed by atoms with Crippen molar-refractivity contribution in [1.29, 1.82) is 0 Å². The highest BCUT2D eigenvalue weighted by Crippen LogP contribution is 2.27. The molecule has 0 bridgehead atoms. The summed E-state index contributed by atoms with van der Waals surface area (Å²) >= 11 is 0. The minimum absolute atomic E-state index is 0.483. The molecule has 1 rings (SSSR count). The van der Waals surface area contributed by atoms with Crippen molar-refractivity contribution in [3.8, 4) is 0 Å². The average molecular weight is 197 g/mol. The molecular formula is C13H27N. The summed E-state index contributed by atoms with van der Waals surface area (Å²) in [4.78, 5) is 0. The van der Waals surface area contributed by atoms with Crippen molar-refractivity contribution in [3.63, 3.8) is 0 Å². The topological polar surface area (TPSA) is 26.0 Å². The van der Waals surface area contributed by atoms with Gasteiger partial charge in [0.2, 0.25) is 0 Å². The van der Waals surface area contributed by atoms with E-state index in [0.717, 1.165) is 5.92 Å². The summed E-state index contributed by atoms with van der Waals surface area (Å²) in [6.07, 6.45) is 13.9. The van der Waals surface area contributed by atoms with Gasteiger partial charge in [-0.15, -0.1) is 0 Å². The van der Waals surface area contributed by atoms with Crippen LogP contribution in [0, 0.1) is 5.92 Å². The lowest BCUT2D eigenvalue weighted by molar-refractivity contribution is 0.320. The van der Waals surface area contributed by atoms with E-state index >= 15 is 0 Å². The second kappa shape index (κ2) is 7.28. The maximum absolute atomic E-state index is 6.08. The van der Waals surface area contributed by atoms with Crippen molar-refractivity contribution in [2.24, 2.45) is 11.7 Å². The second-order valence-electron chi connectivity index (χ2n) is 4.98. The van der Waals surface area contributed by atoms with E-state index in [-0.39, 0.29) is 0 Å². The third-order valence-electron chi connectivity index (χ3n) is 3.60. The van der Waals surface area contributed by atoms with Crippen LogP contribution in [0.1, 0.15) is 71.1 Å². The SMILES string of the molecule is CCCCC(N)CCC1CCCCC1. The molecule has 0 radical (unpaired) electrons. The zero-order valence-electron chi connectivity index (χ0n) is 9.80. The van der Waals surface area contributed by atoms with E-state index in [1.165, 1.54) is 64.2 Å². The van der Waals surface area contributed by atoms with Crippen molar-refractivity contribution in [1.82, 2.24) is 0 Å². The predicted octanol–water partition coefficient (Wildman–Crippen LogP) is 3.86. The van der Waals surface area contributed by atoms with E-state index in [4.69, 9.17) is 5.73 Å². The van der Waals surface area contributed by atoms with Crippen LogP contribution in [0.15, 0.2) is 0 Å². The van der Waals surface area contributed by atoms with Gasteiger partial charge in [0.1, 0.15) is 0 Å². The molecule has 0 amide bonds. The lowest BCUT2D eigenvalue weighted by Gasteiger charge is -2.22. The molecule has 1 fully saturated rings. The largest absolute Gasteiger partial charge is 0.328 e. The maximum Gasteiger partial charge on any atom is 0.00389 e. The molecule has 2 N–H and O–H groups in total. The van der Waals surface area contributed by atoms with Gasteiger partial charge in [-0.3, -0.25) is 0 Å². The normalized spacial score (nSPS) is 21.0. The zero-order valence-corrected chi connectivity index (χ0v) is 9.80. The lowest BCUT2D eigenvalue weighted by atomic mass is 9.85. The summed E-state index contributed by atoms with van der Waals surface area (Å²) in [5.41, 5.74) is 6.08. The molecule has 0 aliphatic heterocycles. The number of hydrogen-bond acceptors (Lipinski definition) is 1. The van der Waals surface area contributed by atoms with Gasteiger partial charge in [0.05, 0.1) is 0 Å². The van der Waals surface area contributed by atoms with Crippen molar-refractivity contribution < 1.29 is 0 Å². The van der Waals surface area contributed by atoms with Crippen molar-refractivity contribution in [2.75, 3.05) is 0 Å². The van der Waals surface area contributed by atoms with Crippen LogP contribution in [0.3, 0.4) is 0 Å². The summed E-state index contributed by atoms with van der Waals surface area (Å²) in [7, 11) is 0. The molecule has 0 saturated heterocycles. The number of rotatable bonds is 6. The van der Waals surface area contributed by atoms with Gasteiger partial charge in [0, 0.05) is 6.04 Å². The molecular weight excluding hydrogens is 170 g/mol. The van der Waals surface area contributed by atoms with Gasteiger partial charge >= 0.3 is 0 Å². The second-order valence-corrected chi connectivity index (χ2v) is 4.98. The molecule has 14 heavy (non-hydrogen) atoms. The van der Waals surface area contributed by atoms with Gasteiger partial charge in [-0.1, -0.05) is 51.9 Å². The molecule has 0 heterocycles. The fourth-order valence-electron chi connectivity index (χ4n) is 2.54. The van der Waals surface area contributed by atoms with Gasteiger partial charge in [-0.2, -0.15) is 0 Å². The summed E-state index contributed by atoms with van der Waals surface area (Å²) < 4.78 is 0. The fourth-order valence-corrected chi connectivity index (χ4v) is 2.54. The number of nitrogens with two attached hydrogens (primary N) is 1. The lowest BCUT2D eigenvalue weighted by Crippen LogP contribution is -2.21. The monoisotopic (exact) mass is 197 g/mol. The molecule has 0 aromatic carbocycles. The molecule has 0 aromatic heterocycles. The molecule has 1 nitrogen and oxygen atoms in total. The maximum atomic E-state index is 6.08. The molecule has 1 aliphatic carbocycles. The molecule has 1 aliphatic rings. The molecule has 1 unspecified atom stereocenters. The van der Waals surface area contributed by atoms with Crippen LogP contribution in [0.5, 0.6) is 0 Å². The Kier molecular flexibility index (Phi) is 6.25. The van der Waals surface area contributed by atoms with Crippen molar-refractivity contribution in [3.05, 3.63) is 0 Å². The Labute approximate surface area is 89.5 Å². The Bertz CT molecular complexity index is 127. The Morgan fingerprint density at radius 3 is 2.50 bits per heavy atom. The van der Waals surface area contributed by atoms with E-state index in [9.17, 15) is 0 Å². The first-order valence-electron chi connectivity index (χ1n) is 6.58. The molecule has 84 valence electrons. The van der Waals surface area contributed by atoms with E-state index in [2.05, 4.69) is 6.92 Å². The van der Waals surface area contributed by atoms with Crippen LogP contribution in [-0.4, -0.2) is 6.04 Å². The standard InChI is InChI=1S/C13H27N/c1-2-3-9-13(14)11-10-12-7-5-4-6-8-12/h12-13H,2-11,14H2,1H3. The highest BCUT2D eigenvalue weighted by molar-refractivity contribution is 4.69. The number of unbranched alkanes of at least 4 members (excludes halogenated alkanes) is 1. The van der Waals surface area contributed by atoms with Crippen LogP contribution < -0.4 is 5.73 Å². The van der Waals surface area contributed by atoms with Crippen LogP contribution in [0.25, 0.3) is 0 Å². The quantitative estimate of drug-likeness (QED) is 0.687. The summed E-state index contributed by atoms with van der Waals surface area (Å²) in [5, 5.41) is 0. The fraction of sp³-hybridized carbons (Fsp3) is 1.00. The van der Waals surface area contributed by atoms with Crippen LogP contribution in [0.2, 0.25) is 0 Å². The first-order chi connectivity index (χ1) is 6.83. The first kappa shape index (κ1) is 12.0. The van der Waals surface area contributed by atoms with Crippen molar-refractivity contribution >= 4 is 0 Å². The van der Waals surface area contributed by atoms with Crippen LogP contribution in [-0.2, 0) is 0 Å². The zero-order chi connectivity index (χ0) is 10.2. The third-order valence-corrected chi connectivity index (χ3v) is 3.60. The highest BCUT2D eigenvalue weighted by atomic mass is 14.6. The summed E-state index contributed by atoms with van der Waals surface area (Å²) in [6.45, 7) is 2.24. The van der Waals surface area contributed by atoms with Gasteiger partial charge in [0.15, 0.2) is 0 Å². The van der Waals surface area contributed by atoms with Crippen LogP contribution >= 0.6 is 0 Å². The molecule has 1 saturated carbocycles. The molecule has 0 spiro atoms. The minimum atomic E-state index is 0.483. The molecule has 1 atom stereocenters. The van der Waals surface area contributed by atoms with Gasteiger partial charge in [0.25, 0.3) is 0 Å². The summed E-state index contributed by atoms with van der Waals surface area (Å²) in [6, 6.07) is 0.483. The number of hydrogen-bond donors (Lipinski definition) is 1. The minimum Gasteiger partial charge on any atom is -0.328 e. The van der Waals surface area contributed by atoms with E-state index < -0.39 is 0 Å². The van der Waals surface area contributed by atoms with Gasteiger partial charge < -0.3 is 5.73 Å². The third kappa shape index (κ3) is 4.99. The Morgan fingerprint density at radius 2 is 1.86 bits per heavy atom. The predicted molar refractivity (Wildman–Crippen MR) is 63.3 cm³/mol. The van der Waals surface area contributed by atoms with Gasteiger partial charge in [-0.25, -0.2) is 0 Å². The van der Waals surface area contributed by atoms with Crippen LogP contribution in [0.4, 0.5) is 0 Å². The van der Waals surface area contributed by atoms with E-state index in [1.807, 2.05) is 0 Å². The van der Waals surface area contributed by atoms with E-state index in [1.54, 1.807) is 0 Å². The van der Waals surface area contributed by atoms with E-state index in [0.29, 0.717) is 6.04 Å². The Hall–Kier alpha value is -0.0400. The Morgan fingerprint density at radius 1 is 1.14 bits per heavy atom. The van der Waals surface area contributed by atoms with Crippen molar-refractivity contribution in [2.45, 2.75) is 77.2 Å². The van der Waals surface area contributed by atoms with Gasteiger partial charge in [-0.05, 0) is 25.2 Å². The average Bonchev–Trinajstić information content (AvgIpc) is 2.25. The Balaban J connectivity index is 2.00. The summed E-state index contributed by atoms with van der Waals surface area (Å²) in [5.74, 6) is 1.01.